The summed E-state index contributed by atoms with van der Waals surface area (Å²) in [5, 5.41) is 19.2. The lowest BCUT2D eigenvalue weighted by atomic mass is 9.80. The van der Waals surface area contributed by atoms with Crippen LogP contribution in [0.3, 0.4) is 0 Å². The molecule has 0 unspecified atom stereocenters. The summed E-state index contributed by atoms with van der Waals surface area (Å²) in [7, 11) is 17.6. The quantitative estimate of drug-likeness (QED) is 0.122. The van der Waals surface area contributed by atoms with Gasteiger partial charge in [-0.25, -0.2) is 0 Å². The largest absolute Gasteiger partial charge is 0.344 e. The molecule has 0 saturated carbocycles. The first-order valence-corrected chi connectivity index (χ1v) is 48.3. The van der Waals surface area contributed by atoms with Crippen molar-refractivity contribution in [1.29, 1.82) is 0 Å². The summed E-state index contributed by atoms with van der Waals surface area (Å²) >= 11 is 0. The molecule has 0 fully saturated rings. The maximum atomic E-state index is 2.53. The minimum Gasteiger partial charge on any atom is -0.344 e. The van der Waals surface area contributed by atoms with Gasteiger partial charge in [0.25, 0.3) is 0 Å². The van der Waals surface area contributed by atoms with Crippen LogP contribution in [-0.4, -0.2) is 36.5 Å². The minimum atomic E-state index is 0. The molecule has 29 rings (SSSR count). The Hall–Kier alpha value is -18.0. The summed E-state index contributed by atoms with van der Waals surface area (Å²) < 4.78 is 18.7. The van der Waals surface area contributed by atoms with E-state index >= 15 is 0 Å². The number of rotatable bonds is 12. The van der Waals surface area contributed by atoms with Crippen LogP contribution in [0.5, 0.6) is 0 Å². The van der Waals surface area contributed by atoms with Gasteiger partial charge in [0, 0.05) is 303 Å². The fourth-order valence-corrected chi connectivity index (χ4v) is 24.7. The van der Waals surface area contributed by atoms with Crippen molar-refractivity contribution in [3.8, 4) is 44.5 Å². The molecule has 8 heterocycles. The molecule has 20 aromatic carbocycles. The van der Waals surface area contributed by atoms with Gasteiger partial charge < -0.3 is 56.1 Å². The Morgan fingerprint density at radius 1 is 0.114 bits per heavy atom. The normalized spacial score (nSPS) is 12.3. The van der Waals surface area contributed by atoms with Crippen LogP contribution in [0.15, 0.2) is 413 Å². The number of aryl methyl sites for hydroxylation is 8. The third kappa shape index (κ3) is 11.4. The molecule has 0 bridgehead atoms. The Morgan fingerprint density at radius 2 is 0.229 bits per heavy atom. The highest BCUT2D eigenvalue weighted by Crippen LogP contribution is 2.57. The summed E-state index contributed by atoms with van der Waals surface area (Å²) in [5.74, 6) is 0. The second-order valence-electron chi connectivity index (χ2n) is 38.5. The highest BCUT2D eigenvalue weighted by Gasteiger charge is 2.32. The van der Waals surface area contributed by atoms with E-state index < -0.39 is 0 Å². The van der Waals surface area contributed by atoms with Crippen molar-refractivity contribution < 1.29 is 4.28 Å². The molecule has 8 aromatic heterocycles. The van der Waals surface area contributed by atoms with E-state index in [1.807, 2.05) is 0 Å². The standard InChI is InChI=1S/C128H92N12.3H2/c1-129-113-33-17-9-25-93(113)105-69-81(45-57-121(105)129)137(82-46-58-122-106(70-82)94-26-10-18-34-114(94)130(122)2)77-41-53-89-90-54-42-79(139(85-49-61-125-109(73-85)97-29-13-21-37-117(97)133(125)5)86-50-62-126-110(74-86)98-30-14-22-38-118(98)134(126)6)67-103(90)104-68-80(140(87-51-63-127-111(75-87)99-31-15-23-39-119(99)135(127)7)88-52-64-128-112(76-88)100-32-16-24-40-120(100)136(128)8)44-56-92(104)91-55-43-78(66-102(91)101(89)65-77)138(83-47-59-123-107(71-83)95-27-11-19-35-115(95)131(123)3)84-48-60-124-108(72-84)96-28-12-20-36-116(96)132(124)4;;;/h9-76H,1-8H3;3*1H. The average Bonchev–Trinajstić information content (AvgIpc) is 1.65. The van der Waals surface area contributed by atoms with Crippen molar-refractivity contribution >= 4 is 243 Å². The number of hydrogen-bond acceptors (Lipinski definition) is 4. The van der Waals surface area contributed by atoms with E-state index in [1.54, 1.807) is 0 Å². The Balaban J connectivity index is 0.00000348. The van der Waals surface area contributed by atoms with E-state index in [0.29, 0.717) is 0 Å². The van der Waals surface area contributed by atoms with Crippen LogP contribution in [-0.2, 0) is 56.4 Å². The van der Waals surface area contributed by atoms with Gasteiger partial charge in [0.2, 0.25) is 0 Å². The van der Waals surface area contributed by atoms with Crippen LogP contribution in [0.25, 0.3) is 219 Å². The molecule has 0 aliphatic heterocycles. The van der Waals surface area contributed by atoms with Gasteiger partial charge in [0.05, 0.1) is 0 Å². The van der Waals surface area contributed by atoms with E-state index in [-0.39, 0.29) is 4.28 Å². The zero-order valence-electron chi connectivity index (χ0n) is 78.6. The van der Waals surface area contributed by atoms with Gasteiger partial charge in [-0.15, -0.1) is 0 Å². The SMILES string of the molecule is Cn1c2ccccc2c2cc(N(c3ccc4c(c3)-c3cc(N(c5ccc6c(c5)c5ccccc5n6C)c5ccc6c(c5)c5ccccc5n6C)ccc3-c3ccc(N(c5ccc6c(c5)c5ccccc5n6C)c5ccc6c(c5)c5ccccc5n6C)cc3-c3cc(N(c5ccc6c(c5)c5ccccc5n6C)c5ccc6c(c5)c5ccccc5n6C)ccc3-4)c3ccc4c(c3)c3ccccc3n4C)ccc21.[HH].[HH].[HH]. The van der Waals surface area contributed by atoms with E-state index in [4.69, 9.17) is 0 Å². The van der Waals surface area contributed by atoms with Crippen molar-refractivity contribution in [2.75, 3.05) is 19.6 Å². The van der Waals surface area contributed by atoms with Crippen LogP contribution in [0, 0.1) is 0 Å². The monoisotopic (exact) mass is 1800 g/mol. The zero-order valence-corrected chi connectivity index (χ0v) is 78.6. The highest BCUT2D eigenvalue weighted by atomic mass is 15.2. The van der Waals surface area contributed by atoms with Gasteiger partial charge in [-0.1, -0.05) is 170 Å². The Morgan fingerprint density at radius 3 is 0.371 bits per heavy atom. The van der Waals surface area contributed by atoms with Gasteiger partial charge in [0.15, 0.2) is 0 Å². The molecule has 670 valence electrons. The second kappa shape index (κ2) is 29.8. The Kier molecular flexibility index (Phi) is 16.9. The predicted molar refractivity (Wildman–Crippen MR) is 599 cm³/mol. The molecule has 0 atom stereocenters. The number of para-hydroxylation sites is 8. The zero-order chi connectivity index (χ0) is 93.0. The van der Waals surface area contributed by atoms with Gasteiger partial charge >= 0.3 is 0 Å². The first-order valence-electron chi connectivity index (χ1n) is 48.3. The first kappa shape index (κ1) is 79.4. The lowest BCUT2D eigenvalue weighted by Crippen LogP contribution is -2.13. The van der Waals surface area contributed by atoms with Crippen molar-refractivity contribution in [2.45, 2.75) is 0 Å². The Labute approximate surface area is 811 Å². The molecular formula is C128H98N12. The van der Waals surface area contributed by atoms with Crippen LogP contribution in [0.4, 0.5) is 68.2 Å². The molecule has 1 aliphatic carbocycles. The molecule has 140 heavy (non-hydrogen) atoms. The molecule has 0 saturated heterocycles. The van der Waals surface area contributed by atoms with Crippen LogP contribution >= 0.6 is 0 Å². The molecule has 0 amide bonds. The van der Waals surface area contributed by atoms with Crippen LogP contribution in [0.2, 0.25) is 0 Å². The number of aromatic nitrogens is 8. The lowest BCUT2D eigenvalue weighted by molar-refractivity contribution is 1.01. The topological polar surface area (TPSA) is 52.4 Å². The van der Waals surface area contributed by atoms with E-state index in [9.17, 15) is 0 Å². The molecule has 0 radical (unpaired) electrons. The number of anilines is 12. The summed E-state index contributed by atoms with van der Waals surface area (Å²) in [6.45, 7) is 0. The average molecular weight is 1800 g/mol. The van der Waals surface area contributed by atoms with Gasteiger partial charge in [0.1, 0.15) is 0 Å². The fraction of sp³-hybridized carbons (Fsp3) is 0.0625. The van der Waals surface area contributed by atoms with E-state index in [2.05, 4.69) is 525 Å². The maximum Gasteiger partial charge on any atom is 0.0490 e. The van der Waals surface area contributed by atoms with Gasteiger partial charge in [-0.2, -0.15) is 0 Å². The van der Waals surface area contributed by atoms with Gasteiger partial charge in [-0.3, -0.25) is 0 Å². The molecule has 0 N–H and O–H groups in total. The summed E-state index contributed by atoms with van der Waals surface area (Å²) in [6.07, 6.45) is 0. The molecule has 12 heteroatoms. The minimum absolute atomic E-state index is 0. The maximum absolute atomic E-state index is 2.53. The van der Waals surface area contributed by atoms with Crippen molar-refractivity contribution in [3.63, 3.8) is 0 Å². The predicted octanol–water partition coefficient (Wildman–Crippen LogP) is 34.4. The summed E-state index contributed by atoms with van der Waals surface area (Å²) in [4.78, 5) is 10.1. The summed E-state index contributed by atoms with van der Waals surface area (Å²) in [5.41, 5.74) is 39.9. The van der Waals surface area contributed by atoms with E-state index in [0.717, 1.165) is 113 Å². The fourth-order valence-electron chi connectivity index (χ4n) is 24.7. The number of hydrogen-bond donors (Lipinski definition) is 0. The van der Waals surface area contributed by atoms with Crippen molar-refractivity contribution in [2.24, 2.45) is 56.4 Å². The molecule has 28 aromatic rings. The summed E-state index contributed by atoms with van der Waals surface area (Å²) in [6, 6.07) is 157. The Bertz CT molecular complexity index is 8650. The lowest BCUT2D eigenvalue weighted by Gasteiger charge is -2.32. The molecule has 0 spiro atoms. The highest BCUT2D eigenvalue weighted by molar-refractivity contribution is 6.19. The number of fused-ring (bicyclic) bond motifs is 32. The third-order valence-corrected chi connectivity index (χ3v) is 31.4. The number of benzene rings is 20. The molecule has 12 nitrogen and oxygen atoms in total. The van der Waals surface area contributed by atoms with Gasteiger partial charge in [-0.05, 0) is 287 Å². The van der Waals surface area contributed by atoms with Crippen molar-refractivity contribution in [1.82, 2.24) is 36.5 Å². The van der Waals surface area contributed by atoms with Crippen LogP contribution < -0.4 is 19.6 Å². The third-order valence-electron chi connectivity index (χ3n) is 31.4. The number of nitrogens with zero attached hydrogens (tertiary/aromatic N) is 12. The van der Waals surface area contributed by atoms with Crippen LogP contribution in [0.1, 0.15) is 4.28 Å². The molecule has 1 aliphatic rings. The smallest absolute Gasteiger partial charge is 0.0490 e. The second-order valence-corrected chi connectivity index (χ2v) is 38.5. The molecular weight excluding hydrogens is 1710 g/mol. The van der Waals surface area contributed by atoms with E-state index in [1.165, 1.54) is 174 Å². The van der Waals surface area contributed by atoms with Crippen molar-refractivity contribution in [3.05, 3.63) is 413 Å². The first-order chi connectivity index (χ1) is 68.7.